The van der Waals surface area contributed by atoms with Crippen LogP contribution < -0.4 is 4.74 Å². The third kappa shape index (κ3) is 2.10. The van der Waals surface area contributed by atoms with Gasteiger partial charge in [0, 0.05) is 11.6 Å². The van der Waals surface area contributed by atoms with Gasteiger partial charge in [-0.15, -0.1) is 0 Å². The summed E-state index contributed by atoms with van der Waals surface area (Å²) in [4.78, 5) is 4.20. The number of pyridine rings is 1. The maximum Gasteiger partial charge on any atom is 0.130 e. The van der Waals surface area contributed by atoms with E-state index in [1.807, 2.05) is 36.4 Å². The van der Waals surface area contributed by atoms with Crippen molar-refractivity contribution in [1.82, 2.24) is 15.2 Å². The van der Waals surface area contributed by atoms with E-state index in [9.17, 15) is 0 Å². The number of H-pyrrole nitrogens is 1. The van der Waals surface area contributed by atoms with Crippen LogP contribution in [0.3, 0.4) is 0 Å². The largest absolute Gasteiger partial charge is 0.487 e. The lowest BCUT2D eigenvalue weighted by Crippen LogP contribution is -1.97. The Hall–Kier alpha value is -2.36. The molecule has 0 unspecified atom stereocenters. The highest BCUT2D eigenvalue weighted by Gasteiger charge is 1.99. The van der Waals surface area contributed by atoms with Crippen molar-refractivity contribution >= 4 is 10.9 Å². The molecule has 3 aromatic rings. The zero-order chi connectivity index (χ0) is 11.5. The molecule has 4 nitrogen and oxygen atoms in total. The van der Waals surface area contributed by atoms with E-state index >= 15 is 0 Å². The third-order valence-corrected chi connectivity index (χ3v) is 2.52. The number of ether oxygens (including phenoxy) is 1. The fourth-order valence-electron chi connectivity index (χ4n) is 1.65. The lowest BCUT2D eigenvalue weighted by molar-refractivity contribution is 0.302. The molecule has 0 spiro atoms. The van der Waals surface area contributed by atoms with Crippen LogP contribution in [0.15, 0.2) is 48.8 Å². The Bertz CT molecular complexity index is 619. The van der Waals surface area contributed by atoms with Crippen LogP contribution >= 0.6 is 0 Å². The first-order valence-corrected chi connectivity index (χ1v) is 5.38. The molecule has 2 aromatic heterocycles. The molecular weight excluding hydrogens is 214 g/mol. The van der Waals surface area contributed by atoms with Crippen LogP contribution in [0.1, 0.15) is 5.69 Å². The molecule has 0 bridgehead atoms. The first kappa shape index (κ1) is 9.84. The summed E-state index contributed by atoms with van der Waals surface area (Å²) in [5, 5.41) is 7.92. The number of hydrogen-bond acceptors (Lipinski definition) is 3. The number of hydrogen-bond donors (Lipinski definition) is 1. The number of aromatic amines is 1. The number of aromatic nitrogens is 3. The van der Waals surface area contributed by atoms with E-state index in [2.05, 4.69) is 15.2 Å². The van der Waals surface area contributed by atoms with Crippen LogP contribution in [0.5, 0.6) is 5.75 Å². The van der Waals surface area contributed by atoms with Gasteiger partial charge in [0.15, 0.2) is 0 Å². The van der Waals surface area contributed by atoms with Gasteiger partial charge in [-0.2, -0.15) is 5.10 Å². The molecule has 0 saturated carbocycles. The Balaban J connectivity index is 1.76. The van der Waals surface area contributed by atoms with Gasteiger partial charge in [-0.3, -0.25) is 10.1 Å². The molecule has 0 aliphatic rings. The normalized spacial score (nSPS) is 10.6. The number of nitrogens with one attached hydrogen (secondary N) is 1. The third-order valence-electron chi connectivity index (χ3n) is 2.52. The van der Waals surface area contributed by atoms with Gasteiger partial charge < -0.3 is 4.74 Å². The van der Waals surface area contributed by atoms with Crippen molar-refractivity contribution in [3.63, 3.8) is 0 Å². The molecule has 0 fully saturated rings. The summed E-state index contributed by atoms with van der Waals surface area (Å²) in [7, 11) is 0. The SMILES string of the molecule is c1ccc(COc2ccc3[nH]ncc3c2)nc1. The van der Waals surface area contributed by atoms with Crippen molar-refractivity contribution in [2.75, 3.05) is 0 Å². The van der Waals surface area contributed by atoms with Crippen molar-refractivity contribution in [3.05, 3.63) is 54.5 Å². The fraction of sp³-hybridized carbons (Fsp3) is 0.0769. The zero-order valence-corrected chi connectivity index (χ0v) is 9.13. The Labute approximate surface area is 98.3 Å². The second-order valence-electron chi connectivity index (χ2n) is 3.73. The van der Waals surface area contributed by atoms with E-state index in [4.69, 9.17) is 4.74 Å². The van der Waals surface area contributed by atoms with Gasteiger partial charge in [-0.05, 0) is 30.3 Å². The Morgan fingerprint density at radius 2 is 2.18 bits per heavy atom. The van der Waals surface area contributed by atoms with Crippen LogP contribution in [0.25, 0.3) is 10.9 Å². The van der Waals surface area contributed by atoms with Gasteiger partial charge in [0.2, 0.25) is 0 Å². The smallest absolute Gasteiger partial charge is 0.130 e. The Morgan fingerprint density at radius 3 is 3.06 bits per heavy atom. The van der Waals surface area contributed by atoms with Gasteiger partial charge in [0.05, 0.1) is 17.4 Å². The lowest BCUT2D eigenvalue weighted by Gasteiger charge is -2.05. The molecule has 1 N–H and O–H groups in total. The second kappa shape index (κ2) is 4.25. The van der Waals surface area contributed by atoms with Crippen molar-refractivity contribution < 1.29 is 4.74 Å². The molecule has 17 heavy (non-hydrogen) atoms. The van der Waals surface area contributed by atoms with Crippen molar-refractivity contribution in [1.29, 1.82) is 0 Å². The average molecular weight is 225 g/mol. The molecule has 0 radical (unpaired) electrons. The molecule has 0 aliphatic heterocycles. The number of benzene rings is 1. The van der Waals surface area contributed by atoms with Gasteiger partial charge >= 0.3 is 0 Å². The summed E-state index contributed by atoms with van der Waals surface area (Å²) in [6.45, 7) is 0.476. The minimum atomic E-state index is 0.476. The summed E-state index contributed by atoms with van der Waals surface area (Å²) in [6, 6.07) is 11.6. The highest BCUT2D eigenvalue weighted by molar-refractivity contribution is 5.79. The van der Waals surface area contributed by atoms with E-state index in [1.54, 1.807) is 12.4 Å². The maximum absolute atomic E-state index is 5.67. The molecular formula is C13H11N3O. The monoisotopic (exact) mass is 225 g/mol. The maximum atomic E-state index is 5.67. The van der Waals surface area contributed by atoms with E-state index < -0.39 is 0 Å². The van der Waals surface area contributed by atoms with E-state index in [-0.39, 0.29) is 0 Å². The van der Waals surface area contributed by atoms with Crippen LogP contribution in [0, 0.1) is 0 Å². The Kier molecular flexibility index (Phi) is 2.46. The van der Waals surface area contributed by atoms with Gasteiger partial charge in [-0.1, -0.05) is 6.07 Å². The summed E-state index contributed by atoms with van der Waals surface area (Å²) in [5.74, 6) is 0.824. The summed E-state index contributed by atoms with van der Waals surface area (Å²) >= 11 is 0. The highest BCUT2D eigenvalue weighted by atomic mass is 16.5. The summed E-state index contributed by atoms with van der Waals surface area (Å²) < 4.78 is 5.67. The molecule has 0 saturated heterocycles. The first-order chi connectivity index (χ1) is 8.42. The van der Waals surface area contributed by atoms with Crippen LogP contribution in [0.4, 0.5) is 0 Å². The molecule has 3 rings (SSSR count). The minimum absolute atomic E-state index is 0.476. The standard InChI is InChI=1S/C13H11N3O/c1-2-6-14-11(3-1)9-17-12-4-5-13-10(7-12)8-15-16-13/h1-8H,9H2,(H,15,16). The predicted molar refractivity (Wildman–Crippen MR) is 64.7 cm³/mol. The molecule has 84 valence electrons. The van der Waals surface area contributed by atoms with Crippen LogP contribution in [0.2, 0.25) is 0 Å². The topological polar surface area (TPSA) is 50.8 Å². The predicted octanol–water partition coefficient (Wildman–Crippen LogP) is 2.54. The van der Waals surface area contributed by atoms with Crippen molar-refractivity contribution in [3.8, 4) is 5.75 Å². The van der Waals surface area contributed by atoms with E-state index in [1.165, 1.54) is 0 Å². The molecule has 2 heterocycles. The van der Waals surface area contributed by atoms with E-state index in [0.29, 0.717) is 6.61 Å². The van der Waals surface area contributed by atoms with Crippen molar-refractivity contribution in [2.24, 2.45) is 0 Å². The zero-order valence-electron chi connectivity index (χ0n) is 9.13. The van der Waals surface area contributed by atoms with Gasteiger partial charge in [0.25, 0.3) is 0 Å². The first-order valence-electron chi connectivity index (χ1n) is 5.38. The molecule has 1 aromatic carbocycles. The van der Waals surface area contributed by atoms with Gasteiger partial charge in [0.1, 0.15) is 12.4 Å². The number of rotatable bonds is 3. The quantitative estimate of drug-likeness (QED) is 0.745. The molecule has 0 aliphatic carbocycles. The van der Waals surface area contributed by atoms with Crippen LogP contribution in [-0.2, 0) is 6.61 Å². The summed E-state index contributed by atoms with van der Waals surface area (Å²) in [6.07, 6.45) is 3.54. The summed E-state index contributed by atoms with van der Waals surface area (Å²) in [5.41, 5.74) is 1.93. The minimum Gasteiger partial charge on any atom is -0.487 e. The molecule has 0 amide bonds. The lowest BCUT2D eigenvalue weighted by atomic mass is 10.2. The number of nitrogens with zero attached hydrogens (tertiary/aromatic N) is 2. The van der Waals surface area contributed by atoms with Gasteiger partial charge in [-0.25, -0.2) is 0 Å². The van der Waals surface area contributed by atoms with E-state index in [0.717, 1.165) is 22.3 Å². The fourth-order valence-corrected chi connectivity index (χ4v) is 1.65. The number of fused-ring (bicyclic) bond motifs is 1. The van der Waals surface area contributed by atoms with Crippen molar-refractivity contribution in [2.45, 2.75) is 6.61 Å². The highest BCUT2D eigenvalue weighted by Crippen LogP contribution is 2.19. The van der Waals surface area contributed by atoms with Crippen LogP contribution in [-0.4, -0.2) is 15.2 Å². The second-order valence-corrected chi connectivity index (χ2v) is 3.73. The Morgan fingerprint density at radius 1 is 1.18 bits per heavy atom. The molecule has 0 atom stereocenters. The molecule has 4 heteroatoms. The average Bonchev–Trinajstić information content (AvgIpc) is 2.85.